The third kappa shape index (κ3) is 2.84. The van der Waals surface area contributed by atoms with Gasteiger partial charge in [0.05, 0.1) is 0 Å². The number of nitrogens with one attached hydrogen (secondary N) is 1. The van der Waals surface area contributed by atoms with Gasteiger partial charge in [0.2, 0.25) is 0 Å². The Bertz CT molecular complexity index is 549. The van der Waals surface area contributed by atoms with Gasteiger partial charge in [0.25, 0.3) is 0 Å². The summed E-state index contributed by atoms with van der Waals surface area (Å²) >= 11 is 4.89. The van der Waals surface area contributed by atoms with Gasteiger partial charge in [0, 0.05) is 17.4 Å². The number of pyridine rings is 1. The number of thiocarbonyl (C=S) groups is 1. The smallest absolute Gasteiger partial charge is 0.130 e. The maximum absolute atomic E-state index is 5.53. The Morgan fingerprint density at radius 3 is 2.67 bits per heavy atom. The van der Waals surface area contributed by atoms with E-state index in [1.807, 2.05) is 30.3 Å². The molecular formula is C14H15N3S. The Morgan fingerprint density at radius 2 is 2.06 bits per heavy atom. The number of hydrogen-bond acceptors (Lipinski definition) is 3. The highest BCUT2D eigenvalue weighted by atomic mass is 32.1. The van der Waals surface area contributed by atoms with Gasteiger partial charge in [-0.3, -0.25) is 0 Å². The molecule has 0 amide bonds. The van der Waals surface area contributed by atoms with Gasteiger partial charge in [-0.15, -0.1) is 0 Å². The highest BCUT2D eigenvalue weighted by Gasteiger charge is 2.02. The topological polar surface area (TPSA) is 50.9 Å². The molecule has 2 aromatic rings. The minimum Gasteiger partial charge on any atom is -0.389 e. The molecule has 1 aromatic carbocycles. The summed E-state index contributed by atoms with van der Waals surface area (Å²) in [6, 6.07) is 11.9. The first-order chi connectivity index (χ1) is 8.70. The number of benzene rings is 1. The summed E-state index contributed by atoms with van der Waals surface area (Å²) in [4.78, 5) is 4.66. The van der Waals surface area contributed by atoms with Crippen LogP contribution in [0.3, 0.4) is 0 Å². The van der Waals surface area contributed by atoms with Crippen LogP contribution < -0.4 is 11.1 Å². The Kier molecular flexibility index (Phi) is 3.89. The zero-order valence-electron chi connectivity index (χ0n) is 10.2. The van der Waals surface area contributed by atoms with E-state index in [4.69, 9.17) is 18.0 Å². The molecule has 0 fully saturated rings. The van der Waals surface area contributed by atoms with Crippen molar-refractivity contribution in [2.45, 2.75) is 13.3 Å². The van der Waals surface area contributed by atoms with Gasteiger partial charge >= 0.3 is 0 Å². The van der Waals surface area contributed by atoms with Crippen LogP contribution in [0.15, 0.2) is 42.6 Å². The second-order valence-corrected chi connectivity index (χ2v) is 4.37. The molecule has 92 valence electrons. The normalized spacial score (nSPS) is 10.1. The minimum atomic E-state index is 0.364. The van der Waals surface area contributed by atoms with Crippen LogP contribution in [0.2, 0.25) is 0 Å². The summed E-state index contributed by atoms with van der Waals surface area (Å²) in [6.45, 7) is 2.13. The number of anilines is 2. The molecule has 4 heteroatoms. The molecule has 18 heavy (non-hydrogen) atoms. The van der Waals surface area contributed by atoms with E-state index in [0.717, 1.165) is 23.5 Å². The lowest BCUT2D eigenvalue weighted by molar-refractivity contribution is 1.14. The molecule has 0 aliphatic heterocycles. The molecule has 3 nitrogen and oxygen atoms in total. The van der Waals surface area contributed by atoms with Gasteiger partial charge in [-0.25, -0.2) is 4.98 Å². The quantitative estimate of drug-likeness (QED) is 0.827. The molecule has 2 rings (SSSR count). The van der Waals surface area contributed by atoms with Crippen LogP contribution in [0.1, 0.15) is 18.1 Å². The zero-order chi connectivity index (χ0) is 13.0. The standard InChI is InChI=1S/C14H15N3S/c1-2-10-5-3-4-6-12(10)17-13-8-7-11(9-16-13)14(15)18/h3-9H,2H2,1H3,(H2,15,18)(H,16,17). The van der Waals surface area contributed by atoms with Crippen molar-refractivity contribution >= 4 is 28.7 Å². The number of aromatic nitrogens is 1. The fourth-order valence-corrected chi connectivity index (χ4v) is 1.82. The number of hydrogen-bond donors (Lipinski definition) is 2. The van der Waals surface area contributed by atoms with Crippen molar-refractivity contribution in [3.05, 3.63) is 53.7 Å². The minimum absolute atomic E-state index is 0.364. The molecule has 0 aliphatic carbocycles. The van der Waals surface area contributed by atoms with Crippen LogP contribution in [-0.2, 0) is 6.42 Å². The molecule has 0 radical (unpaired) electrons. The van der Waals surface area contributed by atoms with E-state index in [0.29, 0.717) is 4.99 Å². The summed E-state index contributed by atoms with van der Waals surface area (Å²) < 4.78 is 0. The predicted molar refractivity (Wildman–Crippen MR) is 79.2 cm³/mol. The lowest BCUT2D eigenvalue weighted by atomic mass is 10.1. The molecule has 0 unspecified atom stereocenters. The van der Waals surface area contributed by atoms with Gasteiger partial charge in [-0.2, -0.15) is 0 Å². The Labute approximate surface area is 112 Å². The highest BCUT2D eigenvalue weighted by Crippen LogP contribution is 2.19. The summed E-state index contributed by atoms with van der Waals surface area (Å²) in [6.07, 6.45) is 2.66. The van der Waals surface area contributed by atoms with Gasteiger partial charge in [-0.05, 0) is 30.2 Å². The first-order valence-corrected chi connectivity index (χ1v) is 6.22. The number of rotatable bonds is 4. The monoisotopic (exact) mass is 257 g/mol. The average Bonchev–Trinajstić information content (AvgIpc) is 2.40. The third-order valence-corrected chi connectivity index (χ3v) is 2.94. The molecule has 0 spiro atoms. The lowest BCUT2D eigenvalue weighted by Gasteiger charge is -2.10. The van der Waals surface area contributed by atoms with E-state index < -0.39 is 0 Å². The second-order valence-electron chi connectivity index (χ2n) is 3.93. The van der Waals surface area contributed by atoms with Crippen molar-refractivity contribution in [3.63, 3.8) is 0 Å². The summed E-state index contributed by atoms with van der Waals surface area (Å²) in [7, 11) is 0. The van der Waals surface area contributed by atoms with E-state index in [2.05, 4.69) is 23.3 Å². The van der Waals surface area contributed by atoms with Crippen LogP contribution in [-0.4, -0.2) is 9.97 Å². The van der Waals surface area contributed by atoms with E-state index >= 15 is 0 Å². The van der Waals surface area contributed by atoms with E-state index in [9.17, 15) is 0 Å². The van der Waals surface area contributed by atoms with E-state index in [1.165, 1.54) is 5.56 Å². The van der Waals surface area contributed by atoms with Crippen molar-refractivity contribution in [1.29, 1.82) is 0 Å². The maximum Gasteiger partial charge on any atom is 0.130 e. The van der Waals surface area contributed by atoms with Gasteiger partial charge in [0.15, 0.2) is 0 Å². The van der Waals surface area contributed by atoms with Crippen molar-refractivity contribution in [3.8, 4) is 0 Å². The second kappa shape index (κ2) is 5.60. The molecule has 0 saturated carbocycles. The Balaban J connectivity index is 2.21. The number of nitrogens with two attached hydrogens (primary N) is 1. The SMILES string of the molecule is CCc1ccccc1Nc1ccc(C(N)=S)cn1. The number of para-hydroxylation sites is 1. The van der Waals surface area contributed by atoms with Gasteiger partial charge in [0.1, 0.15) is 10.8 Å². The van der Waals surface area contributed by atoms with Gasteiger partial charge < -0.3 is 11.1 Å². The fraction of sp³-hybridized carbons (Fsp3) is 0.143. The predicted octanol–water partition coefficient (Wildman–Crippen LogP) is 3.02. The van der Waals surface area contributed by atoms with E-state index in [1.54, 1.807) is 6.20 Å². The molecular weight excluding hydrogens is 242 g/mol. The molecule has 1 aromatic heterocycles. The molecule has 0 atom stereocenters. The summed E-state index contributed by atoms with van der Waals surface area (Å²) in [5.41, 5.74) is 8.65. The maximum atomic E-state index is 5.53. The molecule has 0 aliphatic rings. The van der Waals surface area contributed by atoms with Crippen LogP contribution in [0, 0.1) is 0 Å². The van der Waals surface area contributed by atoms with Crippen LogP contribution in [0.25, 0.3) is 0 Å². The van der Waals surface area contributed by atoms with Gasteiger partial charge in [-0.1, -0.05) is 37.3 Å². The Hall–Kier alpha value is -1.94. The molecule has 0 bridgehead atoms. The highest BCUT2D eigenvalue weighted by molar-refractivity contribution is 7.80. The van der Waals surface area contributed by atoms with Crippen molar-refractivity contribution in [2.75, 3.05) is 5.32 Å². The Morgan fingerprint density at radius 1 is 1.28 bits per heavy atom. The van der Waals surface area contributed by atoms with Crippen LogP contribution in [0.4, 0.5) is 11.5 Å². The lowest BCUT2D eigenvalue weighted by Crippen LogP contribution is -2.09. The van der Waals surface area contributed by atoms with Crippen molar-refractivity contribution in [1.82, 2.24) is 4.98 Å². The molecule has 0 saturated heterocycles. The van der Waals surface area contributed by atoms with Crippen molar-refractivity contribution < 1.29 is 0 Å². The van der Waals surface area contributed by atoms with E-state index in [-0.39, 0.29) is 0 Å². The number of aryl methyl sites for hydroxylation is 1. The third-order valence-electron chi connectivity index (χ3n) is 2.71. The summed E-state index contributed by atoms with van der Waals surface area (Å²) in [5, 5.41) is 3.29. The van der Waals surface area contributed by atoms with Crippen LogP contribution >= 0.6 is 12.2 Å². The first kappa shape index (κ1) is 12.5. The number of nitrogens with zero attached hydrogens (tertiary/aromatic N) is 1. The fourth-order valence-electron chi connectivity index (χ4n) is 1.70. The average molecular weight is 257 g/mol. The first-order valence-electron chi connectivity index (χ1n) is 5.81. The largest absolute Gasteiger partial charge is 0.389 e. The summed E-state index contributed by atoms with van der Waals surface area (Å²) in [5.74, 6) is 0.788. The zero-order valence-corrected chi connectivity index (χ0v) is 11.0. The van der Waals surface area contributed by atoms with Crippen LogP contribution in [0.5, 0.6) is 0 Å². The van der Waals surface area contributed by atoms with Crippen molar-refractivity contribution in [2.24, 2.45) is 5.73 Å². The molecule has 1 heterocycles. The molecule has 3 N–H and O–H groups in total.